The normalized spacial score (nSPS) is 17.0. The summed E-state index contributed by atoms with van der Waals surface area (Å²) in [6.45, 7) is 4.06. The van der Waals surface area contributed by atoms with Gasteiger partial charge < -0.3 is 14.2 Å². The molecule has 4 heteroatoms. The van der Waals surface area contributed by atoms with Crippen molar-refractivity contribution < 1.29 is 9.21 Å². The number of piperidine rings is 1. The van der Waals surface area contributed by atoms with E-state index in [9.17, 15) is 4.79 Å². The van der Waals surface area contributed by atoms with Gasteiger partial charge in [-0.3, -0.25) is 4.79 Å². The molecular weight excluding hydrogens is 216 g/mol. The van der Waals surface area contributed by atoms with Gasteiger partial charge >= 0.3 is 0 Å². The highest BCUT2D eigenvalue weighted by molar-refractivity contribution is 5.91. The Morgan fingerprint density at radius 1 is 1.41 bits per heavy atom. The molecule has 0 unspecified atom stereocenters. The summed E-state index contributed by atoms with van der Waals surface area (Å²) >= 11 is 0. The minimum atomic E-state index is -0.0352. The van der Waals surface area contributed by atoms with Crippen LogP contribution in [0.3, 0.4) is 0 Å². The summed E-state index contributed by atoms with van der Waals surface area (Å²) in [5, 5.41) is 0. The van der Waals surface area contributed by atoms with Crippen LogP contribution in [0.2, 0.25) is 0 Å². The van der Waals surface area contributed by atoms with Crippen LogP contribution in [0, 0.1) is 0 Å². The number of rotatable bonds is 4. The van der Waals surface area contributed by atoms with Gasteiger partial charge in [0.05, 0.1) is 6.26 Å². The van der Waals surface area contributed by atoms with E-state index in [1.807, 2.05) is 7.05 Å². The van der Waals surface area contributed by atoms with E-state index >= 15 is 0 Å². The number of likely N-dealkylation sites (tertiary alicyclic amines) is 1. The fourth-order valence-electron chi connectivity index (χ4n) is 2.16. The second-order valence-corrected chi connectivity index (χ2v) is 4.61. The quantitative estimate of drug-likeness (QED) is 0.800. The largest absolute Gasteiger partial charge is 0.459 e. The molecule has 0 radical (unpaired) electrons. The zero-order chi connectivity index (χ0) is 12.1. The Bertz CT molecular complexity index is 342. The molecule has 0 spiro atoms. The van der Waals surface area contributed by atoms with Crippen molar-refractivity contribution in [2.24, 2.45) is 0 Å². The Kier molecular flexibility index (Phi) is 4.20. The third-order valence-corrected chi connectivity index (χ3v) is 3.28. The van der Waals surface area contributed by atoms with Gasteiger partial charge in [0.2, 0.25) is 0 Å². The van der Waals surface area contributed by atoms with Gasteiger partial charge in [0, 0.05) is 20.1 Å². The molecule has 0 aromatic carbocycles. The van der Waals surface area contributed by atoms with Crippen LogP contribution in [0.4, 0.5) is 0 Å². The lowest BCUT2D eigenvalue weighted by atomic mass is 10.1. The lowest BCUT2D eigenvalue weighted by Gasteiger charge is -2.28. The smallest absolute Gasteiger partial charge is 0.289 e. The SMILES string of the molecule is CN(CCN1CCCCC1)C(=O)c1ccco1. The van der Waals surface area contributed by atoms with Gasteiger partial charge in [-0.2, -0.15) is 0 Å². The predicted octanol–water partition coefficient (Wildman–Crippen LogP) is 1.84. The molecule has 1 aliphatic heterocycles. The molecule has 0 bridgehead atoms. The molecule has 1 amide bonds. The monoisotopic (exact) mass is 236 g/mol. The average Bonchev–Trinajstić information content (AvgIpc) is 2.90. The van der Waals surface area contributed by atoms with Gasteiger partial charge in [0.1, 0.15) is 0 Å². The number of furan rings is 1. The summed E-state index contributed by atoms with van der Waals surface area (Å²) in [6, 6.07) is 3.45. The summed E-state index contributed by atoms with van der Waals surface area (Å²) in [5.41, 5.74) is 0. The molecular formula is C13H20N2O2. The van der Waals surface area contributed by atoms with Crippen molar-refractivity contribution in [3.63, 3.8) is 0 Å². The van der Waals surface area contributed by atoms with Crippen molar-refractivity contribution in [1.29, 1.82) is 0 Å². The van der Waals surface area contributed by atoms with E-state index in [1.165, 1.54) is 38.6 Å². The maximum Gasteiger partial charge on any atom is 0.289 e. The number of hydrogen-bond donors (Lipinski definition) is 0. The Morgan fingerprint density at radius 3 is 2.82 bits per heavy atom. The van der Waals surface area contributed by atoms with Crippen LogP contribution in [0.25, 0.3) is 0 Å². The first-order valence-electron chi connectivity index (χ1n) is 6.29. The number of amides is 1. The van der Waals surface area contributed by atoms with Crippen LogP contribution in [0.15, 0.2) is 22.8 Å². The van der Waals surface area contributed by atoms with Crippen LogP contribution < -0.4 is 0 Å². The maximum atomic E-state index is 11.9. The molecule has 4 nitrogen and oxygen atoms in total. The molecule has 2 rings (SSSR count). The molecule has 1 saturated heterocycles. The summed E-state index contributed by atoms with van der Waals surface area (Å²) in [6.07, 6.45) is 5.45. The topological polar surface area (TPSA) is 36.7 Å². The van der Waals surface area contributed by atoms with E-state index in [0.717, 1.165) is 13.1 Å². The van der Waals surface area contributed by atoms with Gasteiger partial charge in [-0.1, -0.05) is 6.42 Å². The highest BCUT2D eigenvalue weighted by Crippen LogP contribution is 2.09. The molecule has 17 heavy (non-hydrogen) atoms. The summed E-state index contributed by atoms with van der Waals surface area (Å²) in [4.78, 5) is 16.0. The van der Waals surface area contributed by atoms with E-state index in [2.05, 4.69) is 4.90 Å². The average molecular weight is 236 g/mol. The van der Waals surface area contributed by atoms with E-state index in [-0.39, 0.29) is 5.91 Å². The number of likely N-dealkylation sites (N-methyl/N-ethyl adjacent to an activating group) is 1. The summed E-state index contributed by atoms with van der Waals surface area (Å²) in [7, 11) is 1.83. The van der Waals surface area contributed by atoms with Crippen molar-refractivity contribution >= 4 is 5.91 Å². The van der Waals surface area contributed by atoms with Gasteiger partial charge in [-0.15, -0.1) is 0 Å². The van der Waals surface area contributed by atoms with Gasteiger partial charge in [0.15, 0.2) is 5.76 Å². The Hall–Kier alpha value is -1.29. The predicted molar refractivity (Wildman–Crippen MR) is 66.0 cm³/mol. The molecule has 1 aliphatic rings. The van der Waals surface area contributed by atoms with Crippen LogP contribution >= 0.6 is 0 Å². The summed E-state index contributed by atoms with van der Waals surface area (Å²) in [5.74, 6) is 0.387. The standard InChI is InChI=1S/C13H20N2O2/c1-14(13(16)12-6-5-11-17-12)9-10-15-7-3-2-4-8-15/h5-6,11H,2-4,7-10H2,1H3. The first-order chi connectivity index (χ1) is 8.27. The van der Waals surface area contributed by atoms with Crippen molar-refractivity contribution in [2.45, 2.75) is 19.3 Å². The Balaban J connectivity index is 1.76. The molecule has 0 atom stereocenters. The zero-order valence-corrected chi connectivity index (χ0v) is 10.4. The van der Waals surface area contributed by atoms with Crippen LogP contribution in [-0.4, -0.2) is 48.9 Å². The van der Waals surface area contributed by atoms with E-state index < -0.39 is 0 Å². The van der Waals surface area contributed by atoms with Crippen molar-refractivity contribution in [3.8, 4) is 0 Å². The second kappa shape index (κ2) is 5.87. The van der Waals surface area contributed by atoms with Crippen LogP contribution in [0.1, 0.15) is 29.8 Å². The molecule has 1 aromatic rings. The first kappa shape index (κ1) is 12.2. The van der Waals surface area contributed by atoms with Crippen LogP contribution in [0.5, 0.6) is 0 Å². The number of carbonyl (C=O) groups is 1. The van der Waals surface area contributed by atoms with Crippen molar-refractivity contribution in [2.75, 3.05) is 33.2 Å². The van der Waals surface area contributed by atoms with E-state index in [1.54, 1.807) is 17.0 Å². The third-order valence-electron chi connectivity index (χ3n) is 3.28. The fourth-order valence-corrected chi connectivity index (χ4v) is 2.16. The van der Waals surface area contributed by atoms with Gasteiger partial charge in [0.25, 0.3) is 5.91 Å². The fraction of sp³-hybridized carbons (Fsp3) is 0.615. The van der Waals surface area contributed by atoms with Gasteiger partial charge in [-0.25, -0.2) is 0 Å². The molecule has 1 aromatic heterocycles. The molecule has 0 saturated carbocycles. The molecule has 0 aliphatic carbocycles. The lowest BCUT2D eigenvalue weighted by molar-refractivity contribution is 0.0741. The van der Waals surface area contributed by atoms with Gasteiger partial charge in [-0.05, 0) is 38.1 Å². The number of nitrogens with zero attached hydrogens (tertiary/aromatic N) is 2. The second-order valence-electron chi connectivity index (χ2n) is 4.61. The highest BCUT2D eigenvalue weighted by atomic mass is 16.3. The van der Waals surface area contributed by atoms with Crippen molar-refractivity contribution in [3.05, 3.63) is 24.2 Å². The van der Waals surface area contributed by atoms with Crippen LogP contribution in [-0.2, 0) is 0 Å². The maximum absolute atomic E-state index is 11.9. The third kappa shape index (κ3) is 3.33. The Labute approximate surface area is 102 Å². The molecule has 94 valence electrons. The van der Waals surface area contributed by atoms with Crippen molar-refractivity contribution in [1.82, 2.24) is 9.80 Å². The zero-order valence-electron chi connectivity index (χ0n) is 10.4. The molecule has 0 N–H and O–H groups in total. The minimum absolute atomic E-state index is 0.0352. The molecule has 2 heterocycles. The van der Waals surface area contributed by atoms with E-state index in [0.29, 0.717) is 5.76 Å². The lowest BCUT2D eigenvalue weighted by Crippen LogP contribution is -2.38. The van der Waals surface area contributed by atoms with E-state index in [4.69, 9.17) is 4.42 Å². The highest BCUT2D eigenvalue weighted by Gasteiger charge is 2.16. The first-order valence-corrected chi connectivity index (χ1v) is 6.29. The molecule has 1 fully saturated rings. The Morgan fingerprint density at radius 2 is 2.18 bits per heavy atom. The number of carbonyl (C=O) groups excluding carboxylic acids is 1. The number of hydrogen-bond acceptors (Lipinski definition) is 3. The summed E-state index contributed by atoms with van der Waals surface area (Å²) < 4.78 is 5.10. The minimum Gasteiger partial charge on any atom is -0.459 e.